The molecule has 0 saturated carbocycles. The Hall–Kier alpha value is -1.22. The SMILES string of the molecule is O=C(CCN1CCCC1)c1cccnc1. The van der Waals surface area contributed by atoms with Crippen LogP contribution in [0.3, 0.4) is 0 Å². The van der Waals surface area contributed by atoms with E-state index < -0.39 is 0 Å². The minimum absolute atomic E-state index is 0.204. The number of carbonyl (C=O) groups excluding carboxylic acids is 1. The molecule has 1 saturated heterocycles. The second-order valence-electron chi connectivity index (χ2n) is 3.96. The lowest BCUT2D eigenvalue weighted by atomic mass is 10.1. The van der Waals surface area contributed by atoms with Crippen LogP contribution in [-0.2, 0) is 0 Å². The molecule has 1 aliphatic heterocycles. The highest BCUT2D eigenvalue weighted by Gasteiger charge is 2.13. The molecule has 0 amide bonds. The summed E-state index contributed by atoms with van der Waals surface area (Å²) in [7, 11) is 0. The zero-order chi connectivity index (χ0) is 10.5. The van der Waals surface area contributed by atoms with Gasteiger partial charge in [0.25, 0.3) is 0 Å². The normalized spacial score (nSPS) is 16.8. The fourth-order valence-electron chi connectivity index (χ4n) is 1.94. The van der Waals surface area contributed by atoms with Gasteiger partial charge < -0.3 is 4.90 Å². The summed E-state index contributed by atoms with van der Waals surface area (Å²) in [6.07, 6.45) is 6.51. The molecule has 15 heavy (non-hydrogen) atoms. The number of pyridine rings is 1. The molecule has 3 nitrogen and oxygen atoms in total. The third kappa shape index (κ3) is 2.86. The van der Waals surface area contributed by atoms with Crippen LogP contribution in [0.1, 0.15) is 29.6 Å². The van der Waals surface area contributed by atoms with Crippen LogP contribution in [0.15, 0.2) is 24.5 Å². The van der Waals surface area contributed by atoms with E-state index in [1.165, 1.54) is 12.8 Å². The third-order valence-corrected chi connectivity index (χ3v) is 2.84. The van der Waals surface area contributed by atoms with Gasteiger partial charge in [0.05, 0.1) is 0 Å². The average molecular weight is 204 g/mol. The predicted octanol–water partition coefficient (Wildman–Crippen LogP) is 1.75. The number of rotatable bonds is 4. The lowest BCUT2D eigenvalue weighted by molar-refractivity contribution is 0.0968. The van der Waals surface area contributed by atoms with E-state index in [1.54, 1.807) is 12.4 Å². The monoisotopic (exact) mass is 204 g/mol. The molecular formula is C12H16N2O. The van der Waals surface area contributed by atoms with Crippen molar-refractivity contribution in [3.8, 4) is 0 Å². The zero-order valence-electron chi connectivity index (χ0n) is 8.85. The van der Waals surface area contributed by atoms with Crippen LogP contribution < -0.4 is 0 Å². The molecule has 3 heteroatoms. The summed E-state index contributed by atoms with van der Waals surface area (Å²) in [5.41, 5.74) is 0.733. The van der Waals surface area contributed by atoms with Gasteiger partial charge in [-0.3, -0.25) is 9.78 Å². The number of carbonyl (C=O) groups is 1. The summed E-state index contributed by atoms with van der Waals surface area (Å²) in [4.78, 5) is 18.0. The molecule has 0 aromatic carbocycles. The first-order valence-electron chi connectivity index (χ1n) is 5.52. The van der Waals surface area contributed by atoms with Crippen LogP contribution in [-0.4, -0.2) is 35.3 Å². The summed E-state index contributed by atoms with van der Waals surface area (Å²) < 4.78 is 0. The number of Topliss-reactive ketones (excluding diaryl/α,β-unsaturated/α-hetero) is 1. The maximum atomic E-state index is 11.7. The minimum atomic E-state index is 0.204. The number of likely N-dealkylation sites (tertiary alicyclic amines) is 1. The van der Waals surface area contributed by atoms with Crippen LogP contribution in [0.2, 0.25) is 0 Å². The lowest BCUT2D eigenvalue weighted by Gasteiger charge is -2.13. The molecule has 0 bridgehead atoms. The van der Waals surface area contributed by atoms with Crippen molar-refractivity contribution >= 4 is 5.78 Å². The van der Waals surface area contributed by atoms with Crippen LogP contribution in [0, 0.1) is 0 Å². The zero-order valence-corrected chi connectivity index (χ0v) is 8.85. The predicted molar refractivity (Wildman–Crippen MR) is 58.9 cm³/mol. The second-order valence-corrected chi connectivity index (χ2v) is 3.96. The van der Waals surface area contributed by atoms with Crippen molar-refractivity contribution in [2.45, 2.75) is 19.3 Å². The van der Waals surface area contributed by atoms with Crippen LogP contribution in [0.25, 0.3) is 0 Å². The Morgan fingerprint density at radius 1 is 1.40 bits per heavy atom. The van der Waals surface area contributed by atoms with Crippen molar-refractivity contribution in [3.63, 3.8) is 0 Å². The van der Waals surface area contributed by atoms with E-state index in [0.717, 1.165) is 25.2 Å². The molecule has 1 aliphatic rings. The third-order valence-electron chi connectivity index (χ3n) is 2.84. The van der Waals surface area contributed by atoms with Crippen LogP contribution >= 0.6 is 0 Å². The van der Waals surface area contributed by atoms with Gasteiger partial charge in [0.15, 0.2) is 5.78 Å². The van der Waals surface area contributed by atoms with Crippen molar-refractivity contribution < 1.29 is 4.79 Å². The fraction of sp³-hybridized carbons (Fsp3) is 0.500. The summed E-state index contributed by atoms with van der Waals surface area (Å²) in [6, 6.07) is 3.64. The number of hydrogen-bond donors (Lipinski definition) is 0. The van der Waals surface area contributed by atoms with E-state index in [2.05, 4.69) is 9.88 Å². The molecular weight excluding hydrogens is 188 g/mol. The molecule has 80 valence electrons. The van der Waals surface area contributed by atoms with Crippen LogP contribution in [0.5, 0.6) is 0 Å². The maximum Gasteiger partial charge on any atom is 0.165 e. The van der Waals surface area contributed by atoms with Crippen molar-refractivity contribution in [2.75, 3.05) is 19.6 Å². The molecule has 1 aromatic heterocycles. The summed E-state index contributed by atoms with van der Waals surface area (Å²) >= 11 is 0. The summed E-state index contributed by atoms with van der Waals surface area (Å²) in [5, 5.41) is 0. The van der Waals surface area contributed by atoms with Crippen molar-refractivity contribution in [1.82, 2.24) is 9.88 Å². The Bertz CT molecular complexity index is 318. The van der Waals surface area contributed by atoms with Gasteiger partial charge in [-0.2, -0.15) is 0 Å². The molecule has 0 N–H and O–H groups in total. The highest BCUT2D eigenvalue weighted by atomic mass is 16.1. The van der Waals surface area contributed by atoms with E-state index in [-0.39, 0.29) is 5.78 Å². The van der Waals surface area contributed by atoms with Gasteiger partial charge in [0, 0.05) is 30.9 Å². The van der Waals surface area contributed by atoms with Gasteiger partial charge in [-0.25, -0.2) is 0 Å². The highest BCUT2D eigenvalue weighted by Crippen LogP contribution is 2.09. The Kier molecular flexibility index (Phi) is 3.45. The van der Waals surface area contributed by atoms with Gasteiger partial charge in [0.2, 0.25) is 0 Å². The van der Waals surface area contributed by atoms with Crippen molar-refractivity contribution in [2.24, 2.45) is 0 Å². The smallest absolute Gasteiger partial charge is 0.165 e. The minimum Gasteiger partial charge on any atom is -0.303 e. The molecule has 2 heterocycles. The second kappa shape index (κ2) is 5.03. The Balaban J connectivity index is 1.82. The van der Waals surface area contributed by atoms with Gasteiger partial charge in [-0.1, -0.05) is 0 Å². The number of hydrogen-bond acceptors (Lipinski definition) is 3. The first-order valence-corrected chi connectivity index (χ1v) is 5.52. The first kappa shape index (κ1) is 10.3. The Morgan fingerprint density at radius 3 is 2.87 bits per heavy atom. The van der Waals surface area contributed by atoms with E-state index in [0.29, 0.717) is 6.42 Å². The fourth-order valence-corrected chi connectivity index (χ4v) is 1.94. The molecule has 0 radical (unpaired) electrons. The van der Waals surface area contributed by atoms with Gasteiger partial charge >= 0.3 is 0 Å². The molecule has 0 unspecified atom stereocenters. The van der Waals surface area contributed by atoms with E-state index in [9.17, 15) is 4.79 Å². The highest BCUT2D eigenvalue weighted by molar-refractivity contribution is 5.95. The topological polar surface area (TPSA) is 33.2 Å². The van der Waals surface area contributed by atoms with E-state index in [4.69, 9.17) is 0 Å². The standard InChI is InChI=1S/C12H16N2O/c15-12(11-4-3-6-13-10-11)5-9-14-7-1-2-8-14/h3-4,6,10H,1-2,5,7-9H2. The van der Waals surface area contributed by atoms with Crippen molar-refractivity contribution in [3.05, 3.63) is 30.1 Å². The van der Waals surface area contributed by atoms with Gasteiger partial charge in [-0.15, -0.1) is 0 Å². The maximum absolute atomic E-state index is 11.7. The Labute approximate surface area is 90.1 Å². The van der Waals surface area contributed by atoms with E-state index >= 15 is 0 Å². The van der Waals surface area contributed by atoms with E-state index in [1.807, 2.05) is 12.1 Å². The van der Waals surface area contributed by atoms with Crippen LogP contribution in [0.4, 0.5) is 0 Å². The van der Waals surface area contributed by atoms with Gasteiger partial charge in [-0.05, 0) is 38.1 Å². The molecule has 0 spiro atoms. The van der Waals surface area contributed by atoms with Crippen molar-refractivity contribution in [1.29, 1.82) is 0 Å². The molecule has 0 aliphatic carbocycles. The average Bonchev–Trinajstić information content (AvgIpc) is 2.80. The molecule has 1 fully saturated rings. The lowest BCUT2D eigenvalue weighted by Crippen LogP contribution is -2.22. The molecule has 1 aromatic rings. The first-order chi connectivity index (χ1) is 7.36. The van der Waals surface area contributed by atoms with Gasteiger partial charge in [0.1, 0.15) is 0 Å². The largest absolute Gasteiger partial charge is 0.303 e. The summed E-state index contributed by atoms with van der Waals surface area (Å²) in [5.74, 6) is 0.204. The Morgan fingerprint density at radius 2 is 2.20 bits per heavy atom. The summed E-state index contributed by atoms with van der Waals surface area (Å²) in [6.45, 7) is 3.20. The molecule has 2 rings (SSSR count). The number of ketones is 1. The number of aromatic nitrogens is 1. The molecule has 0 atom stereocenters. The quantitative estimate of drug-likeness (QED) is 0.700. The number of nitrogens with zero attached hydrogens (tertiary/aromatic N) is 2.